The zero-order chi connectivity index (χ0) is 12.8. The fourth-order valence-electron chi connectivity index (χ4n) is 1.11. The third-order valence-electron chi connectivity index (χ3n) is 1.99. The fraction of sp³-hybridized carbons (Fsp3) is 0.300. The van der Waals surface area contributed by atoms with Gasteiger partial charge in [-0.3, -0.25) is 9.59 Å². The van der Waals surface area contributed by atoms with Crippen LogP contribution in [-0.4, -0.2) is 40.8 Å². The quantitative estimate of drug-likeness (QED) is 0.608. The highest BCUT2D eigenvalue weighted by molar-refractivity contribution is 7.98. The number of aliphatic hydroxyl groups excluding tert-OH is 1. The van der Waals surface area contributed by atoms with E-state index in [4.69, 9.17) is 10.8 Å². The molecule has 0 aromatic carbocycles. The number of thioether (sulfide) groups is 1. The molecule has 4 N–H and O–H groups in total. The van der Waals surface area contributed by atoms with E-state index >= 15 is 0 Å². The smallest absolute Gasteiger partial charge is 0.254 e. The molecule has 0 aliphatic carbocycles. The Morgan fingerprint density at radius 2 is 2.35 bits per heavy atom. The Kier molecular flexibility index (Phi) is 4.92. The summed E-state index contributed by atoms with van der Waals surface area (Å²) in [5, 5.41) is 12.1. The van der Waals surface area contributed by atoms with E-state index in [1.165, 1.54) is 11.8 Å². The zero-order valence-corrected chi connectivity index (χ0v) is 10.0. The summed E-state index contributed by atoms with van der Waals surface area (Å²) in [6.45, 7) is -0.211. The van der Waals surface area contributed by atoms with Crippen molar-refractivity contribution in [1.29, 1.82) is 0 Å². The number of rotatable bonds is 5. The molecule has 7 heteroatoms. The van der Waals surface area contributed by atoms with Crippen LogP contribution in [0.25, 0.3) is 0 Å². The number of carbonyl (C=O) groups excluding carboxylic acids is 2. The largest absolute Gasteiger partial charge is 0.381 e. The van der Waals surface area contributed by atoms with E-state index in [2.05, 4.69) is 10.3 Å². The van der Waals surface area contributed by atoms with Crippen molar-refractivity contribution in [2.45, 2.75) is 11.1 Å². The number of nitrogens with one attached hydrogen (secondary N) is 1. The summed E-state index contributed by atoms with van der Waals surface area (Å²) in [6, 6.07) is 3.25. The predicted molar refractivity (Wildman–Crippen MR) is 63.6 cm³/mol. The number of aromatic nitrogens is 1. The van der Waals surface area contributed by atoms with Gasteiger partial charge in [-0.1, -0.05) is 0 Å². The van der Waals surface area contributed by atoms with Crippen LogP contribution in [0.15, 0.2) is 23.4 Å². The lowest BCUT2D eigenvalue weighted by Gasteiger charge is -2.09. The highest BCUT2D eigenvalue weighted by Crippen LogP contribution is 2.16. The number of nitrogens with two attached hydrogens (primary N) is 1. The molecule has 6 nitrogen and oxygen atoms in total. The monoisotopic (exact) mass is 255 g/mol. The topological polar surface area (TPSA) is 105 Å². The summed E-state index contributed by atoms with van der Waals surface area (Å²) in [7, 11) is 0. The molecule has 1 aromatic heterocycles. The van der Waals surface area contributed by atoms with Crippen molar-refractivity contribution in [2.75, 3.05) is 12.8 Å². The highest BCUT2D eigenvalue weighted by atomic mass is 32.2. The van der Waals surface area contributed by atoms with Gasteiger partial charge in [0.1, 0.15) is 11.1 Å². The van der Waals surface area contributed by atoms with Crippen LogP contribution in [0.4, 0.5) is 0 Å². The van der Waals surface area contributed by atoms with Gasteiger partial charge in [-0.25, -0.2) is 4.98 Å². The molecular formula is C10H13N3O3S. The third-order valence-corrected chi connectivity index (χ3v) is 2.71. The van der Waals surface area contributed by atoms with Crippen LogP contribution in [0.5, 0.6) is 0 Å². The Hall–Kier alpha value is -1.60. The van der Waals surface area contributed by atoms with Crippen LogP contribution in [0, 0.1) is 0 Å². The molecular weight excluding hydrogens is 242 g/mol. The van der Waals surface area contributed by atoms with Crippen LogP contribution in [-0.2, 0) is 4.79 Å². The van der Waals surface area contributed by atoms with Gasteiger partial charge in [0, 0.05) is 6.20 Å². The first-order valence-electron chi connectivity index (χ1n) is 4.81. The molecule has 0 bridgehead atoms. The maximum absolute atomic E-state index is 11.7. The fourth-order valence-corrected chi connectivity index (χ4v) is 1.66. The Bertz CT molecular complexity index is 425. The van der Waals surface area contributed by atoms with Crippen LogP contribution < -0.4 is 11.1 Å². The first-order valence-corrected chi connectivity index (χ1v) is 6.03. The molecule has 1 heterocycles. The van der Waals surface area contributed by atoms with Gasteiger partial charge in [0.15, 0.2) is 0 Å². The molecule has 0 spiro atoms. The maximum Gasteiger partial charge on any atom is 0.254 e. The highest BCUT2D eigenvalue weighted by Gasteiger charge is 2.15. The van der Waals surface area contributed by atoms with E-state index in [1.54, 1.807) is 24.6 Å². The Labute approximate surface area is 103 Å². The van der Waals surface area contributed by atoms with Gasteiger partial charge in [0.25, 0.3) is 5.91 Å². The van der Waals surface area contributed by atoms with Crippen molar-refractivity contribution in [3.63, 3.8) is 0 Å². The average molecular weight is 255 g/mol. The number of pyridine rings is 1. The molecule has 2 amide bonds. The summed E-state index contributed by atoms with van der Waals surface area (Å²) >= 11 is 1.34. The van der Waals surface area contributed by atoms with Crippen molar-refractivity contribution >= 4 is 23.6 Å². The second-order valence-corrected chi connectivity index (χ2v) is 3.98. The van der Waals surface area contributed by atoms with Gasteiger partial charge in [-0.05, 0) is 18.4 Å². The Morgan fingerprint density at radius 3 is 2.94 bits per heavy atom. The number of hydrogen-bond acceptors (Lipinski definition) is 5. The van der Waals surface area contributed by atoms with Gasteiger partial charge in [-0.2, -0.15) is 0 Å². The normalized spacial score (nSPS) is 11.9. The van der Waals surface area contributed by atoms with Gasteiger partial charge in [-0.15, -0.1) is 11.8 Å². The van der Waals surface area contributed by atoms with Gasteiger partial charge >= 0.3 is 0 Å². The van der Waals surface area contributed by atoms with E-state index in [1.807, 2.05) is 0 Å². The molecule has 17 heavy (non-hydrogen) atoms. The van der Waals surface area contributed by atoms with Crippen molar-refractivity contribution in [1.82, 2.24) is 10.3 Å². The van der Waals surface area contributed by atoms with Gasteiger partial charge < -0.3 is 16.2 Å². The number of carbonyl (C=O) groups is 2. The molecule has 1 unspecified atom stereocenters. The molecule has 0 fully saturated rings. The number of aliphatic hydroxyl groups is 1. The lowest BCUT2D eigenvalue weighted by molar-refractivity contribution is -0.125. The summed E-state index contributed by atoms with van der Waals surface area (Å²) in [5.41, 5.74) is 5.26. The molecule has 0 saturated carbocycles. The van der Waals surface area contributed by atoms with E-state index < -0.39 is 17.9 Å². The molecule has 1 atom stereocenters. The van der Waals surface area contributed by atoms with E-state index in [-0.39, 0.29) is 6.54 Å². The minimum atomic E-state index is -1.38. The lowest BCUT2D eigenvalue weighted by Crippen LogP contribution is -2.40. The molecule has 0 aliphatic heterocycles. The molecule has 1 rings (SSSR count). The Morgan fingerprint density at radius 1 is 1.65 bits per heavy atom. The lowest BCUT2D eigenvalue weighted by atomic mass is 10.2. The number of amides is 2. The minimum absolute atomic E-state index is 0.211. The first kappa shape index (κ1) is 13.5. The average Bonchev–Trinajstić information content (AvgIpc) is 2.35. The molecule has 0 radical (unpaired) electrons. The van der Waals surface area contributed by atoms with Crippen molar-refractivity contribution < 1.29 is 14.7 Å². The molecule has 92 valence electrons. The summed E-state index contributed by atoms with van der Waals surface area (Å²) in [4.78, 5) is 26.3. The van der Waals surface area contributed by atoms with E-state index in [0.717, 1.165) is 0 Å². The number of hydrogen-bond donors (Lipinski definition) is 3. The molecule has 0 saturated heterocycles. The molecule has 0 aliphatic rings. The van der Waals surface area contributed by atoms with E-state index in [0.29, 0.717) is 10.6 Å². The van der Waals surface area contributed by atoms with Crippen molar-refractivity contribution in [3.8, 4) is 0 Å². The van der Waals surface area contributed by atoms with Crippen LogP contribution >= 0.6 is 11.8 Å². The van der Waals surface area contributed by atoms with Crippen molar-refractivity contribution in [2.24, 2.45) is 5.73 Å². The van der Waals surface area contributed by atoms with E-state index in [9.17, 15) is 9.59 Å². The summed E-state index contributed by atoms with van der Waals surface area (Å²) < 4.78 is 0. The van der Waals surface area contributed by atoms with Crippen LogP contribution in [0.1, 0.15) is 10.4 Å². The Balaban J connectivity index is 2.67. The minimum Gasteiger partial charge on any atom is -0.381 e. The predicted octanol–water partition coefficient (Wildman–Crippen LogP) is -0.621. The standard InChI is InChI=1S/C10H13N3O3S/c1-17-10-6(3-2-4-12-10)9(16)13-5-7(14)8(11)15/h2-4,7,14H,5H2,1H3,(H2,11,15)(H,13,16). The summed E-state index contributed by atoms with van der Waals surface area (Å²) in [5.74, 6) is -1.27. The summed E-state index contributed by atoms with van der Waals surface area (Å²) in [6.07, 6.45) is 2.01. The third kappa shape index (κ3) is 3.72. The SMILES string of the molecule is CSc1ncccc1C(=O)NCC(O)C(N)=O. The second-order valence-electron chi connectivity index (χ2n) is 3.19. The first-order chi connectivity index (χ1) is 8.06. The van der Waals surface area contributed by atoms with Gasteiger partial charge in [0.05, 0.1) is 12.1 Å². The second kappa shape index (κ2) is 6.21. The number of nitrogens with zero attached hydrogens (tertiary/aromatic N) is 1. The van der Waals surface area contributed by atoms with Crippen molar-refractivity contribution in [3.05, 3.63) is 23.9 Å². The zero-order valence-electron chi connectivity index (χ0n) is 9.21. The molecule has 1 aromatic rings. The van der Waals surface area contributed by atoms with Crippen LogP contribution in [0.2, 0.25) is 0 Å². The van der Waals surface area contributed by atoms with Gasteiger partial charge in [0.2, 0.25) is 5.91 Å². The number of primary amides is 1. The van der Waals surface area contributed by atoms with Crippen LogP contribution in [0.3, 0.4) is 0 Å². The maximum atomic E-state index is 11.7.